The van der Waals surface area contributed by atoms with Crippen LogP contribution in [0.2, 0.25) is 0 Å². The van der Waals surface area contributed by atoms with E-state index in [0.29, 0.717) is 22.4 Å². The van der Waals surface area contributed by atoms with Crippen molar-refractivity contribution in [1.29, 1.82) is 0 Å². The van der Waals surface area contributed by atoms with Gasteiger partial charge in [-0.15, -0.1) is 0 Å². The summed E-state index contributed by atoms with van der Waals surface area (Å²) in [6, 6.07) is 15.5. The Hall–Kier alpha value is -2.68. The highest BCUT2D eigenvalue weighted by Crippen LogP contribution is 2.24. The Kier molecular flexibility index (Phi) is 3.18. The molecule has 0 aliphatic heterocycles. The quantitative estimate of drug-likeness (QED) is 0.567. The zero-order valence-electron chi connectivity index (χ0n) is 11.6. The molecular weight excluding hydrogens is 265 g/mol. The van der Waals surface area contributed by atoms with Crippen molar-refractivity contribution in [3.05, 3.63) is 77.1 Å². The molecule has 0 aromatic heterocycles. The fourth-order valence-electron chi connectivity index (χ4n) is 2.48. The van der Waals surface area contributed by atoms with Gasteiger partial charge in [0.1, 0.15) is 5.82 Å². The highest BCUT2D eigenvalue weighted by atomic mass is 19.1. The number of hydrogen-bond donors (Lipinski definition) is 1. The van der Waals surface area contributed by atoms with Gasteiger partial charge in [0.2, 0.25) is 0 Å². The summed E-state index contributed by atoms with van der Waals surface area (Å²) in [5.41, 5.74) is 7.81. The van der Waals surface area contributed by atoms with Crippen LogP contribution in [0.25, 0.3) is 10.8 Å². The molecule has 0 radical (unpaired) electrons. The van der Waals surface area contributed by atoms with Gasteiger partial charge in [-0.1, -0.05) is 24.3 Å². The number of hydrogen-bond acceptors (Lipinski definition) is 2. The Balaban J connectivity index is 2.14. The second kappa shape index (κ2) is 5.02. The van der Waals surface area contributed by atoms with Gasteiger partial charge in [-0.25, -0.2) is 4.39 Å². The second-order valence-corrected chi connectivity index (χ2v) is 5.13. The molecule has 0 aliphatic carbocycles. The number of rotatable bonds is 2. The molecule has 0 heterocycles. The van der Waals surface area contributed by atoms with Crippen molar-refractivity contribution in [3.63, 3.8) is 0 Å². The van der Waals surface area contributed by atoms with Crippen molar-refractivity contribution in [2.75, 3.05) is 5.73 Å². The van der Waals surface area contributed by atoms with Crippen molar-refractivity contribution in [2.24, 2.45) is 0 Å². The molecule has 3 heteroatoms. The van der Waals surface area contributed by atoms with E-state index in [4.69, 9.17) is 5.73 Å². The predicted octanol–water partition coefficient (Wildman–Crippen LogP) is 4.10. The highest BCUT2D eigenvalue weighted by Gasteiger charge is 2.14. The van der Waals surface area contributed by atoms with Gasteiger partial charge in [0.25, 0.3) is 0 Å². The number of benzene rings is 3. The third-order valence-electron chi connectivity index (χ3n) is 3.47. The number of carbonyl (C=O) groups excluding carboxylic acids is 1. The highest BCUT2D eigenvalue weighted by molar-refractivity contribution is 6.14. The zero-order chi connectivity index (χ0) is 15.0. The first-order valence-electron chi connectivity index (χ1n) is 6.65. The van der Waals surface area contributed by atoms with E-state index < -0.39 is 5.82 Å². The number of halogens is 1. The fraction of sp³-hybridized carbons (Fsp3) is 0.0556. The molecule has 0 atom stereocenters. The molecule has 3 aromatic carbocycles. The summed E-state index contributed by atoms with van der Waals surface area (Å²) < 4.78 is 13.5. The molecule has 0 fully saturated rings. The average Bonchev–Trinajstić information content (AvgIpc) is 2.44. The Labute approximate surface area is 122 Å². The minimum Gasteiger partial charge on any atom is -0.398 e. The number of ketones is 1. The van der Waals surface area contributed by atoms with Crippen LogP contribution in [0.15, 0.2) is 54.6 Å². The third kappa shape index (κ3) is 2.50. The molecule has 3 rings (SSSR count). The molecule has 0 aliphatic rings. The van der Waals surface area contributed by atoms with Gasteiger partial charge in [-0.05, 0) is 53.6 Å². The van der Waals surface area contributed by atoms with Crippen LogP contribution in [0.3, 0.4) is 0 Å². The van der Waals surface area contributed by atoms with E-state index in [-0.39, 0.29) is 5.78 Å². The van der Waals surface area contributed by atoms with E-state index in [1.807, 2.05) is 24.3 Å². The Morgan fingerprint density at radius 3 is 2.33 bits per heavy atom. The lowest BCUT2D eigenvalue weighted by Gasteiger charge is -2.08. The van der Waals surface area contributed by atoms with Crippen molar-refractivity contribution in [3.8, 4) is 0 Å². The molecule has 0 bridgehead atoms. The molecule has 2 nitrogen and oxygen atoms in total. The first-order valence-corrected chi connectivity index (χ1v) is 6.65. The Morgan fingerprint density at radius 2 is 1.67 bits per heavy atom. The SMILES string of the molecule is Cc1cc(F)cc(C(=O)c2cc3ccccc3cc2N)c1. The van der Waals surface area contributed by atoms with Crippen molar-refractivity contribution in [2.45, 2.75) is 6.92 Å². The van der Waals surface area contributed by atoms with Crippen molar-refractivity contribution < 1.29 is 9.18 Å². The number of aryl methyl sites for hydroxylation is 1. The summed E-state index contributed by atoms with van der Waals surface area (Å²) in [6.07, 6.45) is 0. The lowest BCUT2D eigenvalue weighted by atomic mass is 9.97. The molecule has 2 N–H and O–H groups in total. The first kappa shape index (κ1) is 13.3. The smallest absolute Gasteiger partial charge is 0.195 e. The normalized spacial score (nSPS) is 10.8. The second-order valence-electron chi connectivity index (χ2n) is 5.13. The van der Waals surface area contributed by atoms with E-state index in [1.54, 1.807) is 25.1 Å². The third-order valence-corrected chi connectivity index (χ3v) is 3.47. The van der Waals surface area contributed by atoms with Crippen LogP contribution in [-0.4, -0.2) is 5.78 Å². The predicted molar refractivity (Wildman–Crippen MR) is 82.9 cm³/mol. The first-order chi connectivity index (χ1) is 10.0. The summed E-state index contributed by atoms with van der Waals surface area (Å²) in [5.74, 6) is -0.682. The van der Waals surface area contributed by atoms with Gasteiger partial charge in [0, 0.05) is 16.8 Å². The summed E-state index contributed by atoms with van der Waals surface area (Å²) in [4.78, 5) is 12.6. The molecule has 0 amide bonds. The van der Waals surface area contributed by atoms with E-state index in [1.165, 1.54) is 12.1 Å². The molecule has 0 saturated carbocycles. The van der Waals surface area contributed by atoms with Gasteiger partial charge in [0.15, 0.2) is 5.78 Å². The lowest BCUT2D eigenvalue weighted by molar-refractivity contribution is 0.103. The van der Waals surface area contributed by atoms with Gasteiger partial charge in [-0.2, -0.15) is 0 Å². The van der Waals surface area contributed by atoms with E-state index in [9.17, 15) is 9.18 Å². The number of nitrogen functional groups attached to an aromatic ring is 1. The van der Waals surface area contributed by atoms with Crippen LogP contribution in [0.5, 0.6) is 0 Å². The Morgan fingerprint density at radius 1 is 1.00 bits per heavy atom. The maximum atomic E-state index is 13.5. The molecule has 0 spiro atoms. The summed E-state index contributed by atoms with van der Waals surface area (Å²) >= 11 is 0. The summed E-state index contributed by atoms with van der Waals surface area (Å²) in [5, 5.41) is 1.91. The zero-order valence-corrected chi connectivity index (χ0v) is 11.6. The monoisotopic (exact) mass is 279 g/mol. The largest absolute Gasteiger partial charge is 0.398 e. The van der Waals surface area contributed by atoms with Crippen LogP contribution in [0.4, 0.5) is 10.1 Å². The molecule has 0 unspecified atom stereocenters. The molecular formula is C18H14FNO. The summed E-state index contributed by atoms with van der Waals surface area (Å²) in [6.45, 7) is 1.75. The molecule has 3 aromatic rings. The maximum absolute atomic E-state index is 13.5. The topological polar surface area (TPSA) is 43.1 Å². The van der Waals surface area contributed by atoms with Crippen molar-refractivity contribution in [1.82, 2.24) is 0 Å². The Bertz CT molecular complexity index is 835. The van der Waals surface area contributed by atoms with E-state index in [0.717, 1.165) is 10.8 Å². The number of carbonyl (C=O) groups is 1. The molecule has 0 saturated heterocycles. The standard InChI is InChI=1S/C18H14FNO/c1-11-6-14(8-15(19)7-11)18(21)16-9-12-4-2-3-5-13(12)10-17(16)20/h2-10H,20H2,1H3. The average molecular weight is 279 g/mol. The number of anilines is 1. The van der Waals surface area contributed by atoms with Gasteiger partial charge >= 0.3 is 0 Å². The summed E-state index contributed by atoms with van der Waals surface area (Å²) in [7, 11) is 0. The van der Waals surface area contributed by atoms with E-state index in [2.05, 4.69) is 0 Å². The minimum atomic E-state index is -0.419. The van der Waals surface area contributed by atoms with Crippen LogP contribution in [-0.2, 0) is 0 Å². The van der Waals surface area contributed by atoms with Gasteiger partial charge in [-0.3, -0.25) is 4.79 Å². The van der Waals surface area contributed by atoms with Gasteiger partial charge in [0.05, 0.1) is 0 Å². The molecule has 104 valence electrons. The van der Waals surface area contributed by atoms with Crippen LogP contribution >= 0.6 is 0 Å². The number of nitrogens with two attached hydrogens (primary N) is 1. The van der Waals surface area contributed by atoms with Crippen LogP contribution < -0.4 is 5.73 Å². The fourth-order valence-corrected chi connectivity index (χ4v) is 2.48. The van der Waals surface area contributed by atoms with Crippen molar-refractivity contribution >= 4 is 22.2 Å². The minimum absolute atomic E-state index is 0.263. The molecule has 21 heavy (non-hydrogen) atoms. The lowest BCUT2D eigenvalue weighted by Crippen LogP contribution is -2.06. The maximum Gasteiger partial charge on any atom is 0.195 e. The van der Waals surface area contributed by atoms with Gasteiger partial charge < -0.3 is 5.73 Å². The van der Waals surface area contributed by atoms with Crippen LogP contribution in [0, 0.1) is 12.7 Å². The van der Waals surface area contributed by atoms with E-state index >= 15 is 0 Å². The van der Waals surface area contributed by atoms with Crippen LogP contribution in [0.1, 0.15) is 21.5 Å². The number of fused-ring (bicyclic) bond motifs is 1.